The highest BCUT2D eigenvalue weighted by Crippen LogP contribution is 2.33. The van der Waals surface area contributed by atoms with E-state index in [4.69, 9.17) is 9.40 Å². The Morgan fingerprint density at radius 2 is 2.00 bits per heavy atom. The van der Waals surface area contributed by atoms with Gasteiger partial charge in [-0.3, -0.25) is 4.79 Å². The van der Waals surface area contributed by atoms with Crippen molar-refractivity contribution in [3.8, 4) is 22.6 Å². The first-order valence-corrected chi connectivity index (χ1v) is 9.53. The van der Waals surface area contributed by atoms with Gasteiger partial charge in [-0.1, -0.05) is 0 Å². The second kappa shape index (κ2) is 6.92. The lowest BCUT2D eigenvalue weighted by Crippen LogP contribution is -2.48. The molecule has 0 aromatic carbocycles. The first kappa shape index (κ1) is 16.8. The van der Waals surface area contributed by atoms with E-state index in [0.717, 1.165) is 41.4 Å². The number of aryl methyl sites for hydroxylation is 1. The van der Waals surface area contributed by atoms with Crippen LogP contribution in [0.1, 0.15) is 12.7 Å². The van der Waals surface area contributed by atoms with E-state index in [9.17, 15) is 4.79 Å². The van der Waals surface area contributed by atoms with Gasteiger partial charge in [-0.15, -0.1) is 0 Å². The average Bonchev–Trinajstić information content (AvgIpc) is 3.33. The van der Waals surface area contributed by atoms with Gasteiger partial charge in [0.2, 0.25) is 11.9 Å². The molecular weight excluding hydrogens is 348 g/mol. The van der Waals surface area contributed by atoms with Gasteiger partial charge >= 0.3 is 0 Å². The molecule has 4 rings (SSSR count). The zero-order chi connectivity index (χ0) is 18.1. The van der Waals surface area contributed by atoms with Crippen LogP contribution >= 0.6 is 11.3 Å². The second-order valence-electron chi connectivity index (χ2n) is 6.35. The number of hydrogen-bond donors (Lipinski definition) is 0. The molecule has 3 aromatic heterocycles. The molecule has 0 bridgehead atoms. The number of thiophene rings is 1. The molecule has 6 nitrogen and oxygen atoms in total. The summed E-state index contributed by atoms with van der Waals surface area (Å²) in [6, 6.07) is 5.96. The standard InChI is InChI=1S/C19H20N4O2S/c1-13-3-4-17(25-13)18-16(15-5-10-26-12-15)11-20-19(21-18)23-8-6-22(7-9-23)14(2)24/h3-5,10-12H,6-9H2,1-2H3. The number of aromatic nitrogens is 2. The normalized spacial score (nSPS) is 14.7. The van der Waals surface area contributed by atoms with Crippen molar-refractivity contribution in [2.75, 3.05) is 31.1 Å². The van der Waals surface area contributed by atoms with E-state index in [1.54, 1.807) is 18.3 Å². The molecule has 1 saturated heterocycles. The zero-order valence-electron chi connectivity index (χ0n) is 14.8. The average molecular weight is 368 g/mol. The molecule has 0 atom stereocenters. The molecule has 134 valence electrons. The highest BCUT2D eigenvalue weighted by atomic mass is 32.1. The van der Waals surface area contributed by atoms with Gasteiger partial charge in [0.05, 0.1) is 0 Å². The quantitative estimate of drug-likeness (QED) is 0.709. The van der Waals surface area contributed by atoms with Crippen molar-refractivity contribution >= 4 is 23.2 Å². The number of amides is 1. The van der Waals surface area contributed by atoms with Crippen LogP contribution in [0.5, 0.6) is 0 Å². The molecule has 0 saturated carbocycles. The van der Waals surface area contributed by atoms with Crippen molar-refractivity contribution in [2.45, 2.75) is 13.8 Å². The van der Waals surface area contributed by atoms with Gasteiger partial charge in [-0.2, -0.15) is 11.3 Å². The summed E-state index contributed by atoms with van der Waals surface area (Å²) in [6.45, 7) is 6.39. The molecule has 26 heavy (non-hydrogen) atoms. The molecule has 1 aliphatic rings. The molecule has 0 unspecified atom stereocenters. The van der Waals surface area contributed by atoms with E-state index >= 15 is 0 Å². The molecule has 1 aliphatic heterocycles. The molecule has 0 spiro atoms. The lowest BCUT2D eigenvalue weighted by Gasteiger charge is -2.34. The summed E-state index contributed by atoms with van der Waals surface area (Å²) in [5.41, 5.74) is 2.86. The highest BCUT2D eigenvalue weighted by molar-refractivity contribution is 7.08. The van der Waals surface area contributed by atoms with Gasteiger partial charge in [0.25, 0.3) is 0 Å². The Morgan fingerprint density at radius 3 is 2.62 bits per heavy atom. The lowest BCUT2D eigenvalue weighted by molar-refractivity contribution is -0.129. The largest absolute Gasteiger partial charge is 0.460 e. The zero-order valence-corrected chi connectivity index (χ0v) is 15.6. The van der Waals surface area contributed by atoms with Crippen LogP contribution in [0.4, 0.5) is 5.95 Å². The third-order valence-corrected chi connectivity index (χ3v) is 5.27. The van der Waals surface area contributed by atoms with Gasteiger partial charge in [0.15, 0.2) is 5.76 Å². The fraction of sp³-hybridized carbons (Fsp3) is 0.316. The first-order valence-electron chi connectivity index (χ1n) is 8.58. The van der Waals surface area contributed by atoms with E-state index in [2.05, 4.69) is 21.3 Å². The molecule has 1 amide bonds. The number of carbonyl (C=O) groups excluding carboxylic acids is 1. The van der Waals surface area contributed by atoms with Crippen molar-refractivity contribution < 1.29 is 9.21 Å². The number of carbonyl (C=O) groups is 1. The summed E-state index contributed by atoms with van der Waals surface area (Å²) >= 11 is 1.64. The van der Waals surface area contributed by atoms with Gasteiger partial charge in [-0.05, 0) is 41.4 Å². The van der Waals surface area contributed by atoms with Crippen LogP contribution in [0.15, 0.2) is 39.6 Å². The summed E-state index contributed by atoms with van der Waals surface area (Å²) in [7, 11) is 0. The SMILES string of the molecule is CC(=O)N1CCN(c2ncc(-c3ccsc3)c(-c3ccc(C)o3)n2)CC1. The van der Waals surface area contributed by atoms with Crippen LogP contribution in [0.2, 0.25) is 0 Å². The molecule has 4 heterocycles. The molecule has 0 N–H and O–H groups in total. The van der Waals surface area contributed by atoms with Gasteiger partial charge in [0.1, 0.15) is 11.5 Å². The van der Waals surface area contributed by atoms with E-state index in [-0.39, 0.29) is 5.91 Å². The Bertz CT molecular complexity index is 912. The van der Waals surface area contributed by atoms with Crippen LogP contribution in [0, 0.1) is 6.92 Å². The molecule has 1 fully saturated rings. The summed E-state index contributed by atoms with van der Waals surface area (Å²) in [6.07, 6.45) is 1.87. The molecule has 0 aliphatic carbocycles. The molecular formula is C19H20N4O2S. The minimum atomic E-state index is 0.116. The Balaban J connectivity index is 1.69. The maximum absolute atomic E-state index is 11.5. The smallest absolute Gasteiger partial charge is 0.226 e. The second-order valence-corrected chi connectivity index (χ2v) is 7.13. The van der Waals surface area contributed by atoms with E-state index in [1.165, 1.54) is 0 Å². The molecule has 0 radical (unpaired) electrons. The Kier molecular flexibility index (Phi) is 4.46. The Labute approximate surface area is 156 Å². The summed E-state index contributed by atoms with van der Waals surface area (Å²) in [4.78, 5) is 24.9. The van der Waals surface area contributed by atoms with Crippen LogP contribution in [-0.4, -0.2) is 47.0 Å². The van der Waals surface area contributed by atoms with Crippen LogP contribution in [0.3, 0.4) is 0 Å². The van der Waals surface area contributed by atoms with Crippen molar-refractivity contribution in [3.63, 3.8) is 0 Å². The molecule has 7 heteroatoms. The summed E-state index contributed by atoms with van der Waals surface area (Å²) < 4.78 is 5.84. The van der Waals surface area contributed by atoms with Crippen molar-refractivity contribution in [1.82, 2.24) is 14.9 Å². The van der Waals surface area contributed by atoms with Gasteiger partial charge in [-0.25, -0.2) is 9.97 Å². The van der Waals surface area contributed by atoms with E-state index < -0.39 is 0 Å². The third-order valence-electron chi connectivity index (χ3n) is 4.59. The summed E-state index contributed by atoms with van der Waals surface area (Å²) in [5, 5.41) is 4.13. The predicted octanol–water partition coefficient (Wildman–Crippen LogP) is 3.44. The summed E-state index contributed by atoms with van der Waals surface area (Å²) in [5.74, 6) is 2.39. The van der Waals surface area contributed by atoms with Crippen LogP contribution < -0.4 is 4.90 Å². The van der Waals surface area contributed by atoms with Crippen molar-refractivity contribution in [3.05, 3.63) is 40.9 Å². The van der Waals surface area contributed by atoms with Crippen molar-refractivity contribution in [2.24, 2.45) is 0 Å². The fourth-order valence-electron chi connectivity index (χ4n) is 3.12. The number of rotatable bonds is 3. The Hall–Kier alpha value is -2.67. The highest BCUT2D eigenvalue weighted by Gasteiger charge is 2.22. The minimum absolute atomic E-state index is 0.116. The van der Waals surface area contributed by atoms with Crippen molar-refractivity contribution in [1.29, 1.82) is 0 Å². The predicted molar refractivity (Wildman–Crippen MR) is 102 cm³/mol. The van der Waals surface area contributed by atoms with Crippen LogP contribution in [0.25, 0.3) is 22.6 Å². The number of furan rings is 1. The lowest BCUT2D eigenvalue weighted by atomic mass is 10.1. The third kappa shape index (κ3) is 3.22. The number of anilines is 1. The maximum Gasteiger partial charge on any atom is 0.226 e. The topological polar surface area (TPSA) is 62.5 Å². The fourth-order valence-corrected chi connectivity index (χ4v) is 3.78. The monoisotopic (exact) mass is 368 g/mol. The number of nitrogens with zero attached hydrogens (tertiary/aromatic N) is 4. The number of piperazine rings is 1. The maximum atomic E-state index is 11.5. The minimum Gasteiger partial charge on any atom is -0.460 e. The number of hydrogen-bond acceptors (Lipinski definition) is 6. The van der Waals surface area contributed by atoms with E-state index in [0.29, 0.717) is 19.0 Å². The Morgan fingerprint density at radius 1 is 1.19 bits per heavy atom. The van der Waals surface area contributed by atoms with Gasteiger partial charge < -0.3 is 14.2 Å². The van der Waals surface area contributed by atoms with Crippen LogP contribution in [-0.2, 0) is 4.79 Å². The first-order chi connectivity index (χ1) is 12.6. The van der Waals surface area contributed by atoms with Gasteiger partial charge in [0, 0.05) is 44.9 Å². The van der Waals surface area contributed by atoms with E-state index in [1.807, 2.05) is 35.5 Å². The molecule has 3 aromatic rings.